The molecule has 0 amide bonds. The molecule has 0 unspecified atom stereocenters. The summed E-state index contributed by atoms with van der Waals surface area (Å²) in [5, 5.41) is 8.22. The third kappa shape index (κ3) is 5.54. The van der Waals surface area contributed by atoms with Gasteiger partial charge in [0.05, 0.1) is 31.2 Å². The molecule has 0 saturated heterocycles. The summed E-state index contributed by atoms with van der Waals surface area (Å²) < 4.78 is 57.1. The highest BCUT2D eigenvalue weighted by Crippen LogP contribution is 2.28. The molecule has 0 saturated carbocycles. The van der Waals surface area contributed by atoms with Crippen LogP contribution in [0, 0.1) is 19.7 Å². The molecule has 0 atom stereocenters. The lowest BCUT2D eigenvalue weighted by Gasteiger charge is -2.13. The Kier molecular flexibility index (Phi) is 7.55. The van der Waals surface area contributed by atoms with Gasteiger partial charge >= 0.3 is 0 Å². The maximum Gasteiger partial charge on any atom is 0.296 e. The van der Waals surface area contributed by atoms with Crippen molar-refractivity contribution in [2.45, 2.75) is 31.7 Å². The van der Waals surface area contributed by atoms with Crippen LogP contribution in [-0.4, -0.2) is 48.8 Å². The fraction of sp³-hybridized carbons (Fsp3) is 0.250. The molecule has 2 heterocycles. The molecule has 3 aromatic carbocycles. The average Bonchev–Trinajstić information content (AvgIpc) is 3.36. The zero-order valence-electron chi connectivity index (χ0n) is 22.4. The maximum atomic E-state index is 14.6. The molecule has 0 aliphatic rings. The average molecular weight is 566 g/mol. The Balaban J connectivity index is 1.46. The summed E-state index contributed by atoms with van der Waals surface area (Å²) in [5.74, 6) is 0.858. The number of fused-ring (bicyclic) bond motifs is 3. The van der Waals surface area contributed by atoms with E-state index in [1.165, 1.54) is 35.9 Å². The predicted molar refractivity (Wildman–Crippen MR) is 148 cm³/mol. The SMILES string of the molecule is COc1cc2nc(NCc3ccc(C)cc3OC)n3nc(CCOS(=O)(=O)c4ccc(C)cc4)nc3c2cc1F. The highest BCUT2D eigenvalue weighted by molar-refractivity contribution is 7.86. The number of aryl methyl sites for hydroxylation is 2. The Morgan fingerprint density at radius 3 is 2.38 bits per heavy atom. The van der Waals surface area contributed by atoms with Crippen molar-refractivity contribution in [2.24, 2.45) is 0 Å². The molecule has 0 spiro atoms. The summed E-state index contributed by atoms with van der Waals surface area (Å²) in [5.41, 5.74) is 3.69. The highest BCUT2D eigenvalue weighted by atomic mass is 32.2. The number of halogens is 1. The number of nitrogens with one attached hydrogen (secondary N) is 1. The van der Waals surface area contributed by atoms with Gasteiger partial charge in [0.2, 0.25) is 5.95 Å². The second-order valence-corrected chi connectivity index (χ2v) is 10.8. The van der Waals surface area contributed by atoms with E-state index >= 15 is 0 Å². The number of rotatable bonds is 10. The number of anilines is 1. The van der Waals surface area contributed by atoms with Gasteiger partial charge in [0.1, 0.15) is 5.75 Å². The molecule has 1 N–H and O–H groups in total. The Labute approximate surface area is 230 Å². The van der Waals surface area contributed by atoms with E-state index in [0.29, 0.717) is 34.9 Å². The fourth-order valence-electron chi connectivity index (χ4n) is 4.22. The summed E-state index contributed by atoms with van der Waals surface area (Å²) in [4.78, 5) is 9.29. The monoisotopic (exact) mass is 565 g/mol. The first-order valence-electron chi connectivity index (χ1n) is 12.4. The van der Waals surface area contributed by atoms with Gasteiger partial charge in [0.25, 0.3) is 10.1 Å². The summed E-state index contributed by atoms with van der Waals surface area (Å²) in [7, 11) is -0.957. The van der Waals surface area contributed by atoms with E-state index in [4.69, 9.17) is 13.7 Å². The molecule has 40 heavy (non-hydrogen) atoms. The van der Waals surface area contributed by atoms with Gasteiger partial charge in [-0.25, -0.2) is 14.4 Å². The minimum atomic E-state index is -3.94. The third-order valence-corrected chi connectivity index (χ3v) is 7.67. The lowest BCUT2D eigenvalue weighted by atomic mass is 10.1. The number of methoxy groups -OCH3 is 2. The molecule has 5 rings (SSSR count). The molecule has 10 nitrogen and oxygen atoms in total. The van der Waals surface area contributed by atoms with Crippen LogP contribution >= 0.6 is 0 Å². The molecule has 5 aromatic rings. The van der Waals surface area contributed by atoms with Crippen molar-refractivity contribution in [1.29, 1.82) is 0 Å². The molecule has 0 fully saturated rings. The van der Waals surface area contributed by atoms with Crippen molar-refractivity contribution in [1.82, 2.24) is 19.6 Å². The van der Waals surface area contributed by atoms with E-state index in [1.54, 1.807) is 19.2 Å². The Morgan fingerprint density at radius 1 is 0.925 bits per heavy atom. The minimum Gasteiger partial charge on any atom is -0.496 e. The van der Waals surface area contributed by atoms with E-state index in [9.17, 15) is 12.8 Å². The van der Waals surface area contributed by atoms with Gasteiger partial charge in [0.15, 0.2) is 23.0 Å². The lowest BCUT2D eigenvalue weighted by Crippen LogP contribution is -2.10. The highest BCUT2D eigenvalue weighted by Gasteiger charge is 2.19. The zero-order valence-corrected chi connectivity index (χ0v) is 23.3. The van der Waals surface area contributed by atoms with E-state index in [2.05, 4.69) is 20.4 Å². The van der Waals surface area contributed by atoms with Gasteiger partial charge in [0, 0.05) is 30.0 Å². The second-order valence-electron chi connectivity index (χ2n) is 9.21. The molecule has 0 aliphatic carbocycles. The van der Waals surface area contributed by atoms with Gasteiger partial charge < -0.3 is 14.8 Å². The van der Waals surface area contributed by atoms with Crippen molar-refractivity contribution < 1.29 is 26.5 Å². The molecule has 208 valence electrons. The molecule has 2 aromatic heterocycles. The molecule has 0 aliphatic heterocycles. The summed E-state index contributed by atoms with van der Waals surface area (Å²) >= 11 is 0. The van der Waals surface area contributed by atoms with Crippen LogP contribution in [0.3, 0.4) is 0 Å². The fourth-order valence-corrected chi connectivity index (χ4v) is 5.13. The number of ether oxygens (including phenoxy) is 2. The maximum absolute atomic E-state index is 14.6. The van der Waals surface area contributed by atoms with Crippen molar-refractivity contribution in [3.63, 3.8) is 0 Å². The lowest BCUT2D eigenvalue weighted by molar-refractivity contribution is 0.319. The van der Waals surface area contributed by atoms with Gasteiger partial charge in [-0.05, 0) is 43.7 Å². The van der Waals surface area contributed by atoms with Gasteiger partial charge in [-0.2, -0.15) is 12.9 Å². The van der Waals surface area contributed by atoms with Crippen molar-refractivity contribution in [3.8, 4) is 11.5 Å². The first-order valence-corrected chi connectivity index (χ1v) is 13.9. The van der Waals surface area contributed by atoms with Gasteiger partial charge in [-0.1, -0.05) is 29.8 Å². The molecular weight excluding hydrogens is 537 g/mol. The Hall–Kier alpha value is -4.29. The van der Waals surface area contributed by atoms with Crippen LogP contribution in [0.4, 0.5) is 10.3 Å². The van der Waals surface area contributed by atoms with E-state index in [0.717, 1.165) is 22.4 Å². The van der Waals surface area contributed by atoms with Crippen LogP contribution in [0.15, 0.2) is 59.5 Å². The number of aromatic nitrogens is 4. The topological polar surface area (TPSA) is 117 Å². The summed E-state index contributed by atoms with van der Waals surface area (Å²) in [6.45, 7) is 4.03. The van der Waals surface area contributed by atoms with E-state index in [-0.39, 0.29) is 23.7 Å². The minimum absolute atomic E-state index is 0.0463. The van der Waals surface area contributed by atoms with Crippen LogP contribution < -0.4 is 14.8 Å². The van der Waals surface area contributed by atoms with Crippen LogP contribution in [0.2, 0.25) is 0 Å². The van der Waals surface area contributed by atoms with Crippen LogP contribution in [0.25, 0.3) is 16.6 Å². The number of benzene rings is 3. The van der Waals surface area contributed by atoms with Gasteiger partial charge in [-0.3, -0.25) is 4.18 Å². The van der Waals surface area contributed by atoms with Crippen LogP contribution in [-0.2, 0) is 27.3 Å². The Morgan fingerprint density at radius 2 is 1.65 bits per heavy atom. The zero-order chi connectivity index (χ0) is 28.4. The van der Waals surface area contributed by atoms with E-state index < -0.39 is 15.9 Å². The number of hydrogen-bond acceptors (Lipinski definition) is 9. The predicted octanol–water partition coefficient (Wildman–Crippen LogP) is 4.61. The molecular formula is C28H28FN5O5S. The normalized spacial score (nSPS) is 11.7. The standard InChI is InChI=1S/C28H28FN5O5S/c1-17-6-9-20(10-7-17)40(35,36)39-12-11-26-32-27-21-14-22(29)25(38-4)15-23(21)31-28(34(27)33-26)30-16-19-8-5-18(2)13-24(19)37-3/h5-10,13-15H,11-12,16H2,1-4H3,(H,30,31). The van der Waals surface area contributed by atoms with Crippen molar-refractivity contribution >= 4 is 32.6 Å². The van der Waals surface area contributed by atoms with Crippen LogP contribution in [0.5, 0.6) is 11.5 Å². The molecule has 0 radical (unpaired) electrons. The summed E-state index contributed by atoms with van der Waals surface area (Å²) in [6.07, 6.45) is 0.0954. The number of nitrogens with zero attached hydrogens (tertiary/aromatic N) is 4. The van der Waals surface area contributed by atoms with Crippen LogP contribution in [0.1, 0.15) is 22.5 Å². The smallest absolute Gasteiger partial charge is 0.296 e. The largest absolute Gasteiger partial charge is 0.496 e. The van der Waals surface area contributed by atoms with Crippen molar-refractivity contribution in [3.05, 3.63) is 82.9 Å². The summed E-state index contributed by atoms with van der Waals surface area (Å²) in [6, 6.07) is 15.1. The number of hydrogen-bond donors (Lipinski definition) is 1. The van der Waals surface area contributed by atoms with E-state index in [1.807, 2.05) is 32.0 Å². The second kappa shape index (κ2) is 11.1. The van der Waals surface area contributed by atoms with Crippen molar-refractivity contribution in [2.75, 3.05) is 26.1 Å². The Bertz CT molecular complexity index is 1810. The van der Waals surface area contributed by atoms with Gasteiger partial charge in [-0.15, -0.1) is 5.10 Å². The molecule has 12 heteroatoms. The first-order chi connectivity index (χ1) is 19.2. The third-order valence-electron chi connectivity index (χ3n) is 6.34. The quantitative estimate of drug-likeness (QED) is 0.242. The molecule has 0 bridgehead atoms. The first kappa shape index (κ1) is 27.3.